The average Bonchev–Trinajstić information content (AvgIpc) is 2.27. The zero-order chi connectivity index (χ0) is 11.8. The summed E-state index contributed by atoms with van der Waals surface area (Å²) in [5.41, 5.74) is 5.44. The molecule has 0 rings (SSSR count). The first-order valence-electron chi connectivity index (χ1n) is 5.01. The summed E-state index contributed by atoms with van der Waals surface area (Å²) in [6.07, 6.45) is 0.666. The molecule has 0 bridgehead atoms. The van der Waals surface area contributed by atoms with Crippen LogP contribution in [-0.4, -0.2) is 48.0 Å². The zero-order valence-electron chi connectivity index (χ0n) is 9.53. The van der Waals surface area contributed by atoms with Crippen LogP contribution in [0.5, 0.6) is 0 Å². The monoisotopic (exact) mass is 216 g/mol. The van der Waals surface area contributed by atoms with E-state index >= 15 is 0 Å². The number of rotatable bonds is 6. The first-order valence-corrected chi connectivity index (χ1v) is 5.01. The molecule has 0 saturated heterocycles. The summed E-state index contributed by atoms with van der Waals surface area (Å²) in [6, 6.07) is -0.260. The Balaban J connectivity index is 4.07. The van der Waals surface area contributed by atoms with Gasteiger partial charge in [0.2, 0.25) is 5.91 Å². The van der Waals surface area contributed by atoms with Gasteiger partial charge in [0.05, 0.1) is 12.6 Å². The fraction of sp³-hybridized carbons (Fsp3) is 0.778. The van der Waals surface area contributed by atoms with Gasteiger partial charge in [-0.15, -0.1) is 0 Å². The summed E-state index contributed by atoms with van der Waals surface area (Å²) in [5.74, 6) is 0.0890. The third-order valence-corrected chi connectivity index (χ3v) is 2.28. The molecule has 1 unspecified atom stereocenters. The predicted octanol–water partition coefficient (Wildman–Crippen LogP) is -0.421. The Morgan fingerprint density at radius 1 is 1.60 bits per heavy atom. The van der Waals surface area contributed by atoms with Gasteiger partial charge in [-0.3, -0.25) is 10.1 Å². The Labute approximate surface area is 90.1 Å². The molecule has 0 aromatic heterocycles. The van der Waals surface area contributed by atoms with Crippen molar-refractivity contribution in [3.05, 3.63) is 0 Å². The second-order valence-corrected chi connectivity index (χ2v) is 3.27. The van der Waals surface area contributed by atoms with E-state index in [1.807, 2.05) is 13.8 Å². The summed E-state index contributed by atoms with van der Waals surface area (Å²) in [5, 5.41) is 14.3. The van der Waals surface area contributed by atoms with Crippen molar-refractivity contribution in [2.75, 3.05) is 20.1 Å². The lowest BCUT2D eigenvalue weighted by atomic mass is 10.2. The van der Waals surface area contributed by atoms with Gasteiger partial charge in [0.25, 0.3) is 0 Å². The van der Waals surface area contributed by atoms with E-state index < -0.39 is 0 Å². The molecule has 0 aliphatic heterocycles. The van der Waals surface area contributed by atoms with E-state index in [2.05, 4.69) is 10.5 Å². The standard InChI is InChI=1S/C9H20N4O2/c1-4-7(9(10)12-15)11-6-8(14)13(3)5-2/h7,11,15H,4-6H2,1-3H3,(H2,10,12). The molecule has 15 heavy (non-hydrogen) atoms. The molecule has 0 saturated carbocycles. The normalized spacial score (nSPS) is 13.7. The third kappa shape index (κ3) is 4.64. The Kier molecular flexibility index (Phi) is 6.44. The van der Waals surface area contributed by atoms with Crippen molar-refractivity contribution in [1.82, 2.24) is 10.2 Å². The Morgan fingerprint density at radius 3 is 2.60 bits per heavy atom. The van der Waals surface area contributed by atoms with Gasteiger partial charge in [-0.1, -0.05) is 12.1 Å². The van der Waals surface area contributed by atoms with E-state index in [9.17, 15) is 4.79 Å². The minimum Gasteiger partial charge on any atom is -0.409 e. The van der Waals surface area contributed by atoms with Crippen LogP contribution in [0.2, 0.25) is 0 Å². The zero-order valence-corrected chi connectivity index (χ0v) is 9.53. The highest BCUT2D eigenvalue weighted by atomic mass is 16.4. The highest BCUT2D eigenvalue weighted by molar-refractivity contribution is 5.86. The summed E-state index contributed by atoms with van der Waals surface area (Å²) in [6.45, 7) is 4.66. The SMILES string of the molecule is CCC(NCC(=O)N(C)CC)C(N)=NO. The van der Waals surface area contributed by atoms with Crippen molar-refractivity contribution in [3.8, 4) is 0 Å². The molecule has 4 N–H and O–H groups in total. The molecule has 0 aromatic carbocycles. The van der Waals surface area contributed by atoms with Gasteiger partial charge in [0, 0.05) is 13.6 Å². The van der Waals surface area contributed by atoms with Crippen molar-refractivity contribution in [2.45, 2.75) is 26.3 Å². The van der Waals surface area contributed by atoms with Crippen LogP contribution in [0.3, 0.4) is 0 Å². The number of amides is 1. The van der Waals surface area contributed by atoms with Gasteiger partial charge < -0.3 is 15.8 Å². The maximum absolute atomic E-state index is 11.4. The maximum atomic E-state index is 11.4. The van der Waals surface area contributed by atoms with E-state index in [0.29, 0.717) is 13.0 Å². The highest BCUT2D eigenvalue weighted by Gasteiger charge is 2.13. The van der Waals surface area contributed by atoms with Gasteiger partial charge in [-0.2, -0.15) is 0 Å². The minimum absolute atomic E-state index is 0.0123. The Morgan fingerprint density at radius 2 is 2.20 bits per heavy atom. The average molecular weight is 216 g/mol. The first kappa shape index (κ1) is 13.7. The van der Waals surface area contributed by atoms with Crippen molar-refractivity contribution >= 4 is 11.7 Å². The third-order valence-electron chi connectivity index (χ3n) is 2.28. The molecule has 88 valence electrons. The van der Waals surface area contributed by atoms with Gasteiger partial charge in [0.15, 0.2) is 5.84 Å². The number of amidine groups is 1. The number of nitrogens with two attached hydrogens (primary N) is 1. The topological polar surface area (TPSA) is 91.0 Å². The lowest BCUT2D eigenvalue weighted by Gasteiger charge is -2.18. The van der Waals surface area contributed by atoms with Crippen molar-refractivity contribution in [3.63, 3.8) is 0 Å². The molecule has 0 radical (unpaired) electrons. The van der Waals surface area contributed by atoms with Crippen LogP contribution in [0.4, 0.5) is 0 Å². The summed E-state index contributed by atoms with van der Waals surface area (Å²) in [7, 11) is 1.73. The second kappa shape index (κ2) is 7.05. The molecule has 0 fully saturated rings. The highest BCUT2D eigenvalue weighted by Crippen LogP contribution is 1.91. The number of nitrogens with one attached hydrogen (secondary N) is 1. The van der Waals surface area contributed by atoms with Crippen molar-refractivity contribution in [2.24, 2.45) is 10.9 Å². The van der Waals surface area contributed by atoms with Crippen molar-refractivity contribution in [1.29, 1.82) is 0 Å². The van der Waals surface area contributed by atoms with E-state index in [1.165, 1.54) is 0 Å². The van der Waals surface area contributed by atoms with E-state index in [-0.39, 0.29) is 24.3 Å². The number of oxime groups is 1. The Bertz CT molecular complexity index is 230. The minimum atomic E-state index is -0.260. The number of nitrogens with zero attached hydrogens (tertiary/aromatic N) is 2. The molecule has 6 heteroatoms. The lowest BCUT2D eigenvalue weighted by molar-refractivity contribution is -0.128. The van der Waals surface area contributed by atoms with Gasteiger partial charge in [-0.25, -0.2) is 0 Å². The molecule has 0 aromatic rings. The molecule has 0 spiro atoms. The molecule has 0 heterocycles. The smallest absolute Gasteiger partial charge is 0.236 e. The maximum Gasteiger partial charge on any atom is 0.236 e. The van der Waals surface area contributed by atoms with Crippen LogP contribution >= 0.6 is 0 Å². The number of hydrogen-bond donors (Lipinski definition) is 3. The fourth-order valence-electron chi connectivity index (χ4n) is 1.05. The summed E-state index contributed by atoms with van der Waals surface area (Å²) < 4.78 is 0. The summed E-state index contributed by atoms with van der Waals surface area (Å²) in [4.78, 5) is 13.0. The molecule has 6 nitrogen and oxygen atoms in total. The van der Waals surface area contributed by atoms with E-state index in [1.54, 1.807) is 11.9 Å². The molecule has 0 aliphatic carbocycles. The number of likely N-dealkylation sites (N-methyl/N-ethyl adjacent to an activating group) is 1. The van der Waals surface area contributed by atoms with Crippen LogP contribution in [0.1, 0.15) is 20.3 Å². The summed E-state index contributed by atoms with van der Waals surface area (Å²) >= 11 is 0. The molecular weight excluding hydrogens is 196 g/mol. The number of carbonyl (C=O) groups is 1. The van der Waals surface area contributed by atoms with E-state index in [0.717, 1.165) is 0 Å². The van der Waals surface area contributed by atoms with Crippen LogP contribution in [0, 0.1) is 0 Å². The predicted molar refractivity (Wildman–Crippen MR) is 58.8 cm³/mol. The Hall–Kier alpha value is -1.30. The van der Waals surface area contributed by atoms with Gasteiger partial charge in [-0.05, 0) is 13.3 Å². The fourth-order valence-corrected chi connectivity index (χ4v) is 1.05. The van der Waals surface area contributed by atoms with Crippen LogP contribution in [0.15, 0.2) is 5.16 Å². The van der Waals surface area contributed by atoms with Crippen LogP contribution in [-0.2, 0) is 4.79 Å². The van der Waals surface area contributed by atoms with Crippen LogP contribution < -0.4 is 11.1 Å². The number of carbonyl (C=O) groups excluding carboxylic acids is 1. The van der Waals surface area contributed by atoms with E-state index in [4.69, 9.17) is 10.9 Å². The number of hydrogen-bond acceptors (Lipinski definition) is 4. The van der Waals surface area contributed by atoms with Gasteiger partial charge in [0.1, 0.15) is 0 Å². The van der Waals surface area contributed by atoms with Gasteiger partial charge >= 0.3 is 0 Å². The van der Waals surface area contributed by atoms with Crippen molar-refractivity contribution < 1.29 is 10.0 Å². The largest absolute Gasteiger partial charge is 0.409 e. The molecule has 1 amide bonds. The lowest BCUT2D eigenvalue weighted by Crippen LogP contribution is -2.45. The molecule has 1 atom stereocenters. The first-order chi connectivity index (χ1) is 7.06. The quantitative estimate of drug-likeness (QED) is 0.243. The second-order valence-electron chi connectivity index (χ2n) is 3.27. The molecular formula is C9H20N4O2. The molecule has 0 aliphatic rings. The van der Waals surface area contributed by atoms with Crippen LogP contribution in [0.25, 0.3) is 0 Å².